The Balaban J connectivity index is 1.54. The summed E-state index contributed by atoms with van der Waals surface area (Å²) in [5.41, 5.74) is 0.791. The van der Waals surface area contributed by atoms with Crippen molar-refractivity contribution >= 4 is 56.2 Å². The lowest BCUT2D eigenvalue weighted by atomic mass is 9.84. The first-order valence-electron chi connectivity index (χ1n) is 18.0. The second kappa shape index (κ2) is 15.7. The fourth-order valence-electron chi connectivity index (χ4n) is 7.21. The number of aromatic nitrogens is 2. The number of ketones is 1. The molecule has 4 aromatic rings. The predicted octanol–water partition coefficient (Wildman–Crippen LogP) is 5.10. The number of esters is 1. The molecule has 3 aromatic carbocycles. The van der Waals surface area contributed by atoms with Gasteiger partial charge in [-0.1, -0.05) is 51.1 Å². The number of benzene rings is 3. The molecule has 4 bridgehead atoms. The zero-order chi connectivity index (χ0) is 39.9. The number of aromatic hydroxyl groups is 1. The van der Waals surface area contributed by atoms with Crippen molar-refractivity contribution in [1.29, 1.82) is 0 Å². The number of phenols is 1. The van der Waals surface area contributed by atoms with E-state index in [1.54, 1.807) is 64.1 Å². The maximum absolute atomic E-state index is 14.2. The molecule has 1 amide bonds. The molecule has 0 saturated carbocycles. The van der Waals surface area contributed by atoms with Crippen molar-refractivity contribution in [2.75, 3.05) is 12.4 Å². The van der Waals surface area contributed by atoms with Crippen molar-refractivity contribution < 1.29 is 48.7 Å². The van der Waals surface area contributed by atoms with E-state index in [-0.39, 0.29) is 56.4 Å². The van der Waals surface area contributed by atoms with Crippen molar-refractivity contribution in [2.45, 2.75) is 78.7 Å². The van der Waals surface area contributed by atoms with E-state index in [2.05, 4.69) is 10.3 Å². The van der Waals surface area contributed by atoms with Crippen LogP contribution in [0.15, 0.2) is 65.2 Å². The van der Waals surface area contributed by atoms with Crippen LogP contribution in [0.1, 0.15) is 57.0 Å². The number of amides is 1. The number of nitrogens with one attached hydrogen (secondary N) is 2. The number of anilines is 1. The van der Waals surface area contributed by atoms with E-state index in [4.69, 9.17) is 23.9 Å². The lowest BCUT2D eigenvalue weighted by Gasteiger charge is -2.33. The third-order valence-corrected chi connectivity index (χ3v) is 10.6. The lowest BCUT2D eigenvalue weighted by Crippen LogP contribution is -2.40. The summed E-state index contributed by atoms with van der Waals surface area (Å²) >= 11 is 0. The van der Waals surface area contributed by atoms with Gasteiger partial charge in [0.2, 0.25) is 5.78 Å². The number of phenolic OH excluding ortho intramolecular Hbond substituents is 1. The molecule has 0 unspecified atom stereocenters. The molecule has 5 N–H and O–H groups in total. The average Bonchev–Trinajstić information content (AvgIpc) is 3.49. The molecule has 6 rings (SSSR count). The Morgan fingerprint density at radius 2 is 1.75 bits per heavy atom. The van der Waals surface area contributed by atoms with Crippen molar-refractivity contribution in [3.8, 4) is 11.5 Å². The average molecular weight is 756 g/mol. The molecular weight excluding hydrogens is 710 g/mol. The zero-order valence-corrected chi connectivity index (χ0v) is 31.6. The van der Waals surface area contributed by atoms with Crippen LogP contribution in [-0.4, -0.2) is 80.8 Å². The van der Waals surface area contributed by atoms with E-state index in [1.807, 2.05) is 0 Å². The summed E-state index contributed by atoms with van der Waals surface area (Å²) in [6.07, 6.45) is 2.30. The smallest absolute Gasteiger partial charge is 0.304 e. The number of aromatic amines is 1. The van der Waals surface area contributed by atoms with Crippen LogP contribution in [0.4, 0.5) is 5.69 Å². The molecule has 8 atom stereocenters. The normalized spacial score (nSPS) is 28.7. The number of fused-ring (bicyclic) bond motifs is 2. The Morgan fingerprint density at radius 1 is 1.02 bits per heavy atom. The van der Waals surface area contributed by atoms with Crippen LogP contribution >= 0.6 is 0 Å². The van der Waals surface area contributed by atoms with Gasteiger partial charge in [-0.05, 0) is 32.1 Å². The van der Waals surface area contributed by atoms with E-state index in [9.17, 15) is 34.5 Å². The SMILES string of the molecule is CO[C@H]1/C=C/O[C@H]2Oc3c(C)c(=O)c4c(O)c(c5[nH]c6ccccc6nc5c4c3C2=O)NC(=O)/C(C)=C\C=C\[C@H](C)[C@H](O)[C@@H](C)[C@@H](O)C[C@H](OC(C)=O)[C@@H]1C. The number of hydrogen-bond donors (Lipinski definition) is 5. The highest BCUT2D eigenvalue weighted by atomic mass is 16.7. The minimum Gasteiger partial charge on any atom is -0.505 e. The fourth-order valence-corrected chi connectivity index (χ4v) is 7.21. The van der Waals surface area contributed by atoms with Gasteiger partial charge in [-0.2, -0.15) is 0 Å². The van der Waals surface area contributed by atoms with Crippen molar-refractivity contribution in [3.05, 3.63) is 81.8 Å². The first-order chi connectivity index (χ1) is 26.1. The van der Waals surface area contributed by atoms with Gasteiger partial charge >= 0.3 is 12.3 Å². The van der Waals surface area contributed by atoms with Gasteiger partial charge < -0.3 is 44.6 Å². The highest BCUT2D eigenvalue weighted by Gasteiger charge is 2.40. The lowest BCUT2D eigenvalue weighted by molar-refractivity contribution is -0.154. The summed E-state index contributed by atoms with van der Waals surface area (Å²) < 4.78 is 23.1. The highest BCUT2D eigenvalue weighted by Crippen LogP contribution is 2.45. The van der Waals surface area contributed by atoms with Crippen LogP contribution in [0.25, 0.3) is 32.8 Å². The number of Topliss-reactive ketones (excluding diaryl/α,β-unsaturated/α-hetero) is 1. The van der Waals surface area contributed by atoms with Crippen LogP contribution in [0.2, 0.25) is 0 Å². The van der Waals surface area contributed by atoms with Gasteiger partial charge in [0.1, 0.15) is 17.5 Å². The fraction of sp³-hybridized carbons (Fsp3) is 0.390. The summed E-state index contributed by atoms with van der Waals surface area (Å²) in [7, 11) is 1.44. The number of carbonyl (C=O) groups excluding carboxylic acids is 3. The van der Waals surface area contributed by atoms with Crippen molar-refractivity contribution in [2.24, 2.45) is 17.8 Å². The number of hydrogen-bond acceptors (Lipinski definition) is 12. The summed E-state index contributed by atoms with van der Waals surface area (Å²) in [5.74, 6) is -4.10. The first kappa shape index (κ1) is 39.1. The number of carbonyl (C=O) groups is 3. The second-order valence-corrected chi connectivity index (χ2v) is 14.3. The molecule has 0 spiro atoms. The summed E-state index contributed by atoms with van der Waals surface area (Å²) in [4.78, 5) is 62.0. The molecule has 2 aliphatic heterocycles. The van der Waals surface area contributed by atoms with Gasteiger partial charge in [0.15, 0.2) is 11.2 Å². The minimum absolute atomic E-state index is 0.0183. The number of para-hydroxylation sites is 2. The number of rotatable bonds is 2. The van der Waals surface area contributed by atoms with Crippen LogP contribution in [-0.2, 0) is 23.8 Å². The largest absolute Gasteiger partial charge is 0.505 e. The van der Waals surface area contributed by atoms with Gasteiger partial charge in [-0.25, -0.2) is 4.98 Å². The topological polar surface area (TPSA) is 207 Å². The molecule has 1 aromatic heterocycles. The molecule has 290 valence electrons. The van der Waals surface area contributed by atoms with E-state index in [1.165, 1.54) is 39.4 Å². The monoisotopic (exact) mass is 755 g/mol. The van der Waals surface area contributed by atoms with Gasteiger partial charge in [0.25, 0.3) is 5.91 Å². The molecule has 3 heterocycles. The van der Waals surface area contributed by atoms with E-state index < -0.39 is 77.3 Å². The Kier molecular flexibility index (Phi) is 11.1. The first-order valence-corrected chi connectivity index (χ1v) is 18.0. The number of allylic oxidation sites excluding steroid dienone is 2. The Morgan fingerprint density at radius 3 is 2.45 bits per heavy atom. The van der Waals surface area contributed by atoms with E-state index >= 15 is 0 Å². The van der Waals surface area contributed by atoms with Crippen LogP contribution < -0.4 is 15.5 Å². The molecule has 14 heteroatoms. The second-order valence-electron chi connectivity index (χ2n) is 14.3. The quantitative estimate of drug-likeness (QED) is 0.0785. The van der Waals surface area contributed by atoms with E-state index in [0.717, 1.165) is 0 Å². The standard InChI is InChI=1S/C41H45N3O11/c1-18-11-10-12-19(2)40(51)44-34-33-32(42-24-13-8-9-14-25(24)43-33)29-30(37(34)49)36(48)22(5)39-31(29)38(50)41(55-39)53-16-15-27(52-7)21(4)28(54-23(6)45)17-26(46)20(3)35(18)47/h8-16,18,20-21,26-28,35,41,43,46-47,49H,17H2,1-7H3,(H,44,51)/b11-10+,16-15+,19-12-/t18-,20-,21+,26-,27-,28-,35-,41-/m0/s1. The van der Waals surface area contributed by atoms with Gasteiger partial charge in [0, 0.05) is 54.7 Å². The maximum atomic E-state index is 14.2. The van der Waals surface area contributed by atoms with Crippen LogP contribution in [0.5, 0.6) is 11.5 Å². The number of nitrogens with zero attached hydrogens (tertiary/aromatic N) is 1. The Labute approximate surface area is 316 Å². The molecule has 0 fully saturated rings. The number of ether oxygens (including phenoxy) is 4. The van der Waals surface area contributed by atoms with Crippen molar-refractivity contribution in [1.82, 2.24) is 9.97 Å². The molecule has 55 heavy (non-hydrogen) atoms. The van der Waals surface area contributed by atoms with Crippen molar-refractivity contribution in [3.63, 3.8) is 0 Å². The predicted molar refractivity (Wildman–Crippen MR) is 205 cm³/mol. The summed E-state index contributed by atoms with van der Waals surface area (Å²) in [6, 6.07) is 7.04. The molecule has 2 aliphatic rings. The van der Waals surface area contributed by atoms with Gasteiger partial charge in [0.05, 0.1) is 57.6 Å². The molecule has 0 radical (unpaired) electrons. The van der Waals surface area contributed by atoms with Gasteiger partial charge in [-0.15, -0.1) is 0 Å². The number of methoxy groups -OCH3 is 1. The third-order valence-electron chi connectivity index (χ3n) is 10.6. The molecule has 0 saturated heterocycles. The van der Waals surface area contributed by atoms with Gasteiger partial charge in [-0.3, -0.25) is 19.2 Å². The Hall–Kier alpha value is -5.57. The maximum Gasteiger partial charge on any atom is 0.304 e. The Bertz CT molecular complexity index is 2350. The molecule has 0 aliphatic carbocycles. The molecular formula is C41H45N3O11. The third kappa shape index (κ3) is 7.32. The van der Waals surface area contributed by atoms with E-state index in [0.29, 0.717) is 11.0 Å². The summed E-state index contributed by atoms with van der Waals surface area (Å²) in [5, 5.41) is 36.8. The van der Waals surface area contributed by atoms with Crippen LogP contribution in [0, 0.1) is 24.7 Å². The van der Waals surface area contributed by atoms with Crippen LogP contribution in [0.3, 0.4) is 0 Å². The summed E-state index contributed by atoms with van der Waals surface area (Å²) in [6.45, 7) is 9.49. The highest BCUT2D eigenvalue weighted by molar-refractivity contribution is 6.26. The zero-order valence-electron chi connectivity index (χ0n) is 31.6. The number of aliphatic hydroxyl groups is 2. The molecule has 14 nitrogen and oxygen atoms in total. The number of aliphatic hydroxyl groups excluding tert-OH is 2. The minimum atomic E-state index is -1.54. The number of H-pyrrole nitrogens is 1.